The van der Waals surface area contributed by atoms with Gasteiger partial charge in [0.05, 0.1) is 25.4 Å². The van der Waals surface area contributed by atoms with Crippen LogP contribution in [0.3, 0.4) is 0 Å². The topological polar surface area (TPSA) is 301 Å². The number of aliphatic hydroxyl groups excluding tert-OH is 9. The van der Waals surface area contributed by atoms with Crippen molar-refractivity contribution in [2.45, 2.75) is 224 Å². The number of rotatable bonds is 10. The van der Waals surface area contributed by atoms with Crippen LogP contribution in [0.2, 0.25) is 0 Å². The number of esters is 1. The van der Waals surface area contributed by atoms with Crippen molar-refractivity contribution in [3.8, 4) is 0 Å². The standard InChI is InChI=1S/C50H80O19/c1-22-31(54)33(56)37(60)42(63-22)68-39-34(57)32(55)26(20-51)65-43(39)69-40-36(59)35(58)38(41(61)62)67-44(40)66-29-13-14-47(6)27(48(29,7)21-52)12-15-50(9)28(47)11-10-24-25-18-45(3,4)19-30(64-23(2)53)46(25,5)16-17-49(24,50)8/h10,22,25-40,42-44,51-52,54-60H,11-21H2,1-9H3,(H,61,62). The van der Waals surface area contributed by atoms with E-state index >= 15 is 0 Å². The molecule has 19 nitrogen and oxygen atoms in total. The lowest BCUT2D eigenvalue weighted by Crippen LogP contribution is -2.68. The first-order valence-electron chi connectivity index (χ1n) is 25.1. The van der Waals surface area contributed by atoms with E-state index in [9.17, 15) is 60.7 Å². The van der Waals surface area contributed by atoms with E-state index < -0.39 is 116 Å². The maximum atomic E-state index is 12.5. The molecule has 69 heavy (non-hydrogen) atoms. The first-order chi connectivity index (χ1) is 32.1. The minimum atomic E-state index is -2.08. The Balaban J connectivity index is 1.08. The molecule has 0 bridgehead atoms. The molecule has 8 aliphatic rings. The summed E-state index contributed by atoms with van der Waals surface area (Å²) < 4.78 is 42.4. The lowest BCUT2D eigenvalue weighted by atomic mass is 9.33. The molecular weight excluding hydrogens is 905 g/mol. The van der Waals surface area contributed by atoms with Gasteiger partial charge in [-0.3, -0.25) is 4.79 Å². The van der Waals surface area contributed by atoms with E-state index in [0.29, 0.717) is 12.8 Å². The van der Waals surface area contributed by atoms with Crippen molar-refractivity contribution in [3.05, 3.63) is 11.6 Å². The molecule has 0 spiro atoms. The summed E-state index contributed by atoms with van der Waals surface area (Å²) in [6.07, 6.45) is -17.7. The lowest BCUT2D eigenvalue weighted by Gasteiger charge is -2.72. The normalized spacial score (nSPS) is 53.9. The Kier molecular flexibility index (Phi) is 14.5. The van der Waals surface area contributed by atoms with E-state index in [2.05, 4.69) is 47.6 Å². The van der Waals surface area contributed by atoms with Crippen molar-refractivity contribution in [1.82, 2.24) is 0 Å². The van der Waals surface area contributed by atoms with E-state index in [-0.39, 0.29) is 63.5 Å². The molecule has 0 aromatic rings. The van der Waals surface area contributed by atoms with Crippen molar-refractivity contribution in [1.29, 1.82) is 0 Å². The number of carbonyl (C=O) groups is 2. The lowest BCUT2D eigenvalue weighted by molar-refractivity contribution is -0.396. The number of hydrogen-bond donors (Lipinski definition) is 10. The predicted octanol–water partition coefficient (Wildman–Crippen LogP) is 1.28. The summed E-state index contributed by atoms with van der Waals surface area (Å²) in [6, 6.07) is 0. The first-order valence-corrected chi connectivity index (χ1v) is 25.1. The van der Waals surface area contributed by atoms with Gasteiger partial charge in [0.1, 0.15) is 67.1 Å². The second-order valence-electron chi connectivity index (χ2n) is 24.2. The van der Waals surface area contributed by atoms with E-state index in [0.717, 1.165) is 44.9 Å². The van der Waals surface area contributed by atoms with Crippen LogP contribution in [0.1, 0.15) is 120 Å². The summed E-state index contributed by atoms with van der Waals surface area (Å²) in [5.74, 6) is -1.49. The van der Waals surface area contributed by atoms with Crippen LogP contribution in [-0.2, 0) is 42.7 Å². The van der Waals surface area contributed by atoms with Crippen LogP contribution in [0.15, 0.2) is 11.6 Å². The molecule has 5 aliphatic carbocycles. The van der Waals surface area contributed by atoms with Gasteiger partial charge in [-0.15, -0.1) is 0 Å². The Hall–Kier alpha value is -1.92. The molecule has 19 heteroatoms. The van der Waals surface area contributed by atoms with Gasteiger partial charge in [0.2, 0.25) is 0 Å². The molecule has 0 amide bonds. The number of hydrogen-bond acceptors (Lipinski definition) is 18. The molecule has 394 valence electrons. The molecule has 8 rings (SSSR count). The molecule has 25 atom stereocenters. The minimum Gasteiger partial charge on any atom is -0.479 e. The largest absolute Gasteiger partial charge is 0.479 e. The molecule has 10 N–H and O–H groups in total. The Bertz CT molecular complexity index is 1930. The fraction of sp³-hybridized carbons (Fsp3) is 0.920. The zero-order valence-corrected chi connectivity index (χ0v) is 41.5. The van der Waals surface area contributed by atoms with Crippen LogP contribution >= 0.6 is 0 Å². The number of carboxylic acid groups (broad SMARTS) is 1. The molecule has 0 aromatic heterocycles. The average molecular weight is 985 g/mol. The highest BCUT2D eigenvalue weighted by Gasteiger charge is 2.70. The zero-order chi connectivity index (χ0) is 50.7. The molecule has 0 aromatic carbocycles. The van der Waals surface area contributed by atoms with Crippen molar-refractivity contribution >= 4 is 11.9 Å². The van der Waals surface area contributed by atoms with Crippen LogP contribution in [0.25, 0.3) is 0 Å². The number of allylic oxidation sites excluding steroid dienone is 2. The fourth-order valence-electron chi connectivity index (χ4n) is 15.5. The number of aliphatic carboxylic acids is 1. The molecule has 3 heterocycles. The van der Waals surface area contributed by atoms with Crippen molar-refractivity contribution in [3.63, 3.8) is 0 Å². The Morgan fingerprint density at radius 3 is 1.93 bits per heavy atom. The van der Waals surface area contributed by atoms with Gasteiger partial charge in [0, 0.05) is 17.8 Å². The van der Waals surface area contributed by atoms with E-state index in [4.69, 9.17) is 33.2 Å². The molecular formula is C50H80O19. The van der Waals surface area contributed by atoms with Gasteiger partial charge >= 0.3 is 11.9 Å². The predicted molar refractivity (Wildman–Crippen MR) is 240 cm³/mol. The van der Waals surface area contributed by atoms with Crippen molar-refractivity contribution < 1.29 is 93.8 Å². The summed E-state index contributed by atoms with van der Waals surface area (Å²) in [4.78, 5) is 25.0. The second kappa shape index (κ2) is 18.8. The highest BCUT2D eigenvalue weighted by molar-refractivity contribution is 5.73. The average Bonchev–Trinajstić information content (AvgIpc) is 3.28. The number of aliphatic hydroxyl groups is 9. The van der Waals surface area contributed by atoms with E-state index in [1.54, 1.807) is 0 Å². The van der Waals surface area contributed by atoms with Gasteiger partial charge in [-0.2, -0.15) is 0 Å². The third-order valence-electron chi connectivity index (χ3n) is 19.8. The second-order valence-corrected chi connectivity index (χ2v) is 24.2. The van der Waals surface area contributed by atoms with Gasteiger partial charge in [-0.25, -0.2) is 4.79 Å². The van der Waals surface area contributed by atoms with E-state index in [1.165, 1.54) is 19.4 Å². The molecule has 25 unspecified atom stereocenters. The molecule has 7 fully saturated rings. The van der Waals surface area contributed by atoms with Gasteiger partial charge in [0.25, 0.3) is 0 Å². The third-order valence-corrected chi connectivity index (χ3v) is 19.8. The van der Waals surface area contributed by atoms with Crippen molar-refractivity contribution in [2.75, 3.05) is 13.2 Å². The Morgan fingerprint density at radius 2 is 1.30 bits per heavy atom. The Labute approximate surface area is 404 Å². The summed E-state index contributed by atoms with van der Waals surface area (Å²) in [5, 5.41) is 108. The Morgan fingerprint density at radius 1 is 0.667 bits per heavy atom. The highest BCUT2D eigenvalue weighted by Crippen LogP contribution is 2.76. The van der Waals surface area contributed by atoms with Crippen LogP contribution in [0.5, 0.6) is 0 Å². The quantitative estimate of drug-likeness (QED) is 0.0838. The molecule has 0 radical (unpaired) electrons. The highest BCUT2D eigenvalue weighted by atomic mass is 16.8. The van der Waals surface area contributed by atoms with Gasteiger partial charge < -0.3 is 84.2 Å². The number of ether oxygens (including phenoxy) is 7. The molecule has 4 saturated carbocycles. The minimum absolute atomic E-state index is 0.0244. The number of carbonyl (C=O) groups excluding carboxylic acids is 1. The summed E-state index contributed by atoms with van der Waals surface area (Å²) in [7, 11) is 0. The van der Waals surface area contributed by atoms with Crippen LogP contribution < -0.4 is 0 Å². The van der Waals surface area contributed by atoms with Gasteiger partial charge in [-0.1, -0.05) is 60.1 Å². The summed E-state index contributed by atoms with van der Waals surface area (Å²) >= 11 is 0. The van der Waals surface area contributed by atoms with Crippen molar-refractivity contribution in [2.24, 2.45) is 50.2 Å². The number of fused-ring (bicyclic) bond motifs is 7. The fourth-order valence-corrected chi connectivity index (χ4v) is 15.5. The maximum absolute atomic E-state index is 12.5. The third kappa shape index (κ3) is 8.56. The summed E-state index contributed by atoms with van der Waals surface area (Å²) in [6.45, 7) is 17.8. The van der Waals surface area contributed by atoms with Gasteiger partial charge in [-0.05, 0) is 104 Å². The SMILES string of the molecule is CC(=O)OC1CC(C)(C)CC2C3=CCC4C5(C)CCC(OC6OC(C(=O)O)C(O)C(O)C6OC6OC(CO)C(O)C(O)C6OC6OC(C)C(O)C(O)C6O)C(C)(CO)C5CCC4(C)C3(C)CCC12C. The maximum Gasteiger partial charge on any atom is 0.335 e. The first kappa shape index (κ1) is 53.4. The number of carboxylic acids is 1. The van der Waals surface area contributed by atoms with Crippen LogP contribution in [0.4, 0.5) is 0 Å². The molecule has 3 saturated heterocycles. The van der Waals surface area contributed by atoms with Crippen LogP contribution in [0, 0.1) is 50.2 Å². The zero-order valence-electron chi connectivity index (χ0n) is 41.5. The van der Waals surface area contributed by atoms with Gasteiger partial charge in [0.15, 0.2) is 25.0 Å². The smallest absolute Gasteiger partial charge is 0.335 e. The van der Waals surface area contributed by atoms with Crippen LogP contribution in [-0.4, -0.2) is 181 Å². The van der Waals surface area contributed by atoms with E-state index in [1.807, 2.05) is 6.92 Å². The summed E-state index contributed by atoms with van der Waals surface area (Å²) in [5.41, 5.74) is -0.243. The molecule has 3 aliphatic heterocycles. The monoisotopic (exact) mass is 985 g/mol.